The van der Waals surface area contributed by atoms with E-state index in [1.807, 2.05) is 30.3 Å². The summed E-state index contributed by atoms with van der Waals surface area (Å²) < 4.78 is 10.7. The summed E-state index contributed by atoms with van der Waals surface area (Å²) in [5.41, 5.74) is 1.17. The van der Waals surface area contributed by atoms with Crippen molar-refractivity contribution in [2.45, 2.75) is 39.4 Å². The summed E-state index contributed by atoms with van der Waals surface area (Å²) >= 11 is 0. The van der Waals surface area contributed by atoms with Crippen LogP contribution in [0.5, 0.6) is 0 Å². The van der Waals surface area contributed by atoms with Gasteiger partial charge in [-0.2, -0.15) is 0 Å². The molecule has 0 aliphatic carbocycles. The lowest BCUT2D eigenvalue weighted by Gasteiger charge is -2.13. The van der Waals surface area contributed by atoms with Crippen LogP contribution in [0.2, 0.25) is 0 Å². The lowest BCUT2D eigenvalue weighted by molar-refractivity contribution is -0.142. The van der Waals surface area contributed by atoms with Crippen molar-refractivity contribution in [1.29, 1.82) is 0 Å². The van der Waals surface area contributed by atoms with E-state index in [-0.39, 0.29) is 19.5 Å². The standard InChI is InChI=1S/C13H16O3.CH4/c14-13-7-6-12(8-9-15-13)16-10-11-4-2-1-3-5-11;/h1-5,12H,6-10H2;1H4. The molecule has 1 aromatic carbocycles. The minimum Gasteiger partial charge on any atom is -0.466 e. The van der Waals surface area contributed by atoms with Gasteiger partial charge < -0.3 is 9.47 Å². The molecule has 3 nitrogen and oxygen atoms in total. The smallest absolute Gasteiger partial charge is 0.305 e. The van der Waals surface area contributed by atoms with Crippen molar-refractivity contribution in [2.24, 2.45) is 0 Å². The van der Waals surface area contributed by atoms with Crippen LogP contribution in [0.3, 0.4) is 0 Å². The van der Waals surface area contributed by atoms with Crippen LogP contribution in [0.15, 0.2) is 30.3 Å². The number of hydrogen-bond acceptors (Lipinski definition) is 3. The van der Waals surface area contributed by atoms with Gasteiger partial charge in [-0.1, -0.05) is 37.8 Å². The van der Waals surface area contributed by atoms with Crippen molar-refractivity contribution < 1.29 is 14.3 Å². The maximum Gasteiger partial charge on any atom is 0.305 e. The molecule has 17 heavy (non-hydrogen) atoms. The molecule has 1 aliphatic heterocycles. The summed E-state index contributed by atoms with van der Waals surface area (Å²) in [6, 6.07) is 10.1. The lowest BCUT2D eigenvalue weighted by Crippen LogP contribution is -2.12. The van der Waals surface area contributed by atoms with E-state index in [0.29, 0.717) is 19.6 Å². The highest BCUT2D eigenvalue weighted by Crippen LogP contribution is 2.14. The third-order valence-corrected chi connectivity index (χ3v) is 2.70. The van der Waals surface area contributed by atoms with Gasteiger partial charge in [0.15, 0.2) is 0 Å². The van der Waals surface area contributed by atoms with Gasteiger partial charge in [0, 0.05) is 12.8 Å². The monoisotopic (exact) mass is 236 g/mol. The molecule has 0 radical (unpaired) electrons. The van der Waals surface area contributed by atoms with Crippen LogP contribution in [-0.2, 0) is 20.9 Å². The number of ether oxygens (including phenoxy) is 2. The molecule has 1 fully saturated rings. The summed E-state index contributed by atoms with van der Waals surface area (Å²) in [5, 5.41) is 0. The number of cyclic esters (lactones) is 1. The molecule has 0 saturated carbocycles. The highest BCUT2D eigenvalue weighted by Gasteiger charge is 2.17. The molecule has 1 aromatic rings. The molecule has 2 rings (SSSR count). The first-order chi connectivity index (χ1) is 7.84. The Bertz CT molecular complexity index is 335. The van der Waals surface area contributed by atoms with Gasteiger partial charge in [-0.15, -0.1) is 0 Å². The van der Waals surface area contributed by atoms with Crippen molar-refractivity contribution in [3.63, 3.8) is 0 Å². The number of hydrogen-bond donors (Lipinski definition) is 0. The Kier molecular flexibility index (Phi) is 5.70. The summed E-state index contributed by atoms with van der Waals surface area (Å²) in [4.78, 5) is 11.0. The van der Waals surface area contributed by atoms with Gasteiger partial charge >= 0.3 is 5.97 Å². The Hall–Kier alpha value is -1.35. The maximum atomic E-state index is 11.0. The Morgan fingerprint density at radius 2 is 2.00 bits per heavy atom. The molecule has 1 heterocycles. The van der Waals surface area contributed by atoms with E-state index in [0.717, 1.165) is 12.8 Å². The quantitative estimate of drug-likeness (QED) is 0.757. The summed E-state index contributed by atoms with van der Waals surface area (Å²) in [6.45, 7) is 1.10. The molecule has 1 unspecified atom stereocenters. The van der Waals surface area contributed by atoms with Gasteiger partial charge in [0.2, 0.25) is 0 Å². The average molecular weight is 236 g/mol. The van der Waals surface area contributed by atoms with E-state index in [9.17, 15) is 4.79 Å². The molecule has 94 valence electrons. The molecular weight excluding hydrogens is 216 g/mol. The molecule has 1 saturated heterocycles. The topological polar surface area (TPSA) is 35.5 Å². The van der Waals surface area contributed by atoms with Gasteiger partial charge in [-0.05, 0) is 12.0 Å². The Balaban J connectivity index is 0.00000144. The van der Waals surface area contributed by atoms with Gasteiger partial charge in [0.05, 0.1) is 19.3 Å². The van der Waals surface area contributed by atoms with Crippen LogP contribution < -0.4 is 0 Å². The van der Waals surface area contributed by atoms with Crippen LogP contribution in [0.25, 0.3) is 0 Å². The fraction of sp³-hybridized carbons (Fsp3) is 0.500. The summed E-state index contributed by atoms with van der Waals surface area (Å²) in [7, 11) is 0. The largest absolute Gasteiger partial charge is 0.466 e. The number of benzene rings is 1. The average Bonchev–Trinajstić information content (AvgIpc) is 2.53. The van der Waals surface area contributed by atoms with E-state index in [4.69, 9.17) is 9.47 Å². The number of rotatable bonds is 3. The third-order valence-electron chi connectivity index (χ3n) is 2.70. The molecule has 0 bridgehead atoms. The predicted molar refractivity (Wildman–Crippen MR) is 66.6 cm³/mol. The Labute approximate surface area is 103 Å². The van der Waals surface area contributed by atoms with Crippen molar-refractivity contribution in [1.82, 2.24) is 0 Å². The van der Waals surface area contributed by atoms with E-state index in [1.165, 1.54) is 5.56 Å². The number of carbonyl (C=O) groups is 1. The lowest BCUT2D eigenvalue weighted by atomic mass is 10.1. The highest BCUT2D eigenvalue weighted by atomic mass is 16.5. The van der Waals surface area contributed by atoms with Gasteiger partial charge in [0.25, 0.3) is 0 Å². The van der Waals surface area contributed by atoms with Crippen LogP contribution in [-0.4, -0.2) is 18.7 Å². The zero-order valence-corrected chi connectivity index (χ0v) is 9.22. The highest BCUT2D eigenvalue weighted by molar-refractivity contribution is 5.69. The molecule has 0 aromatic heterocycles. The zero-order chi connectivity index (χ0) is 11.2. The second-order valence-electron chi connectivity index (χ2n) is 3.97. The maximum absolute atomic E-state index is 11.0. The Morgan fingerprint density at radius 3 is 2.76 bits per heavy atom. The van der Waals surface area contributed by atoms with Crippen molar-refractivity contribution in [2.75, 3.05) is 6.61 Å². The van der Waals surface area contributed by atoms with Crippen LogP contribution in [0.1, 0.15) is 32.3 Å². The third kappa shape index (κ3) is 4.57. The van der Waals surface area contributed by atoms with Crippen molar-refractivity contribution >= 4 is 5.97 Å². The molecule has 3 heteroatoms. The first-order valence-electron chi connectivity index (χ1n) is 5.66. The first kappa shape index (κ1) is 13.7. The van der Waals surface area contributed by atoms with Gasteiger partial charge in [-0.3, -0.25) is 4.79 Å². The number of carbonyl (C=O) groups excluding carboxylic acids is 1. The molecule has 0 amide bonds. The van der Waals surface area contributed by atoms with Crippen molar-refractivity contribution in [3.05, 3.63) is 35.9 Å². The first-order valence-corrected chi connectivity index (χ1v) is 5.66. The van der Waals surface area contributed by atoms with Crippen molar-refractivity contribution in [3.8, 4) is 0 Å². The zero-order valence-electron chi connectivity index (χ0n) is 9.22. The predicted octanol–water partition coefficient (Wildman–Crippen LogP) is 2.94. The Morgan fingerprint density at radius 1 is 1.24 bits per heavy atom. The fourth-order valence-electron chi connectivity index (χ4n) is 1.75. The SMILES string of the molecule is C.O=C1CCC(OCc2ccccc2)CCO1. The fourth-order valence-corrected chi connectivity index (χ4v) is 1.75. The van der Waals surface area contributed by atoms with E-state index >= 15 is 0 Å². The molecule has 0 N–H and O–H groups in total. The minimum atomic E-state index is -0.106. The number of esters is 1. The summed E-state index contributed by atoms with van der Waals surface area (Å²) in [6.07, 6.45) is 2.19. The van der Waals surface area contributed by atoms with Gasteiger partial charge in [-0.25, -0.2) is 0 Å². The van der Waals surface area contributed by atoms with E-state index < -0.39 is 0 Å². The summed E-state index contributed by atoms with van der Waals surface area (Å²) in [5.74, 6) is -0.106. The second-order valence-corrected chi connectivity index (χ2v) is 3.97. The van der Waals surface area contributed by atoms with Crippen LogP contribution >= 0.6 is 0 Å². The molecule has 0 spiro atoms. The molecule has 1 aliphatic rings. The van der Waals surface area contributed by atoms with Gasteiger partial charge in [0.1, 0.15) is 0 Å². The van der Waals surface area contributed by atoms with E-state index in [1.54, 1.807) is 0 Å². The normalized spacial score (nSPS) is 20.0. The van der Waals surface area contributed by atoms with E-state index in [2.05, 4.69) is 0 Å². The van der Waals surface area contributed by atoms with Crippen LogP contribution in [0, 0.1) is 0 Å². The molecule has 1 atom stereocenters. The minimum absolute atomic E-state index is 0. The van der Waals surface area contributed by atoms with Crippen LogP contribution in [0.4, 0.5) is 0 Å². The second kappa shape index (κ2) is 7.07. The molecular formula is C14H20O3.